The summed E-state index contributed by atoms with van der Waals surface area (Å²) in [5.41, 5.74) is 0.352. The van der Waals surface area contributed by atoms with Crippen LogP contribution in [0.2, 0.25) is 0 Å². The highest BCUT2D eigenvalue weighted by Crippen LogP contribution is 2.28. The summed E-state index contributed by atoms with van der Waals surface area (Å²) in [6.45, 7) is 2.72. The van der Waals surface area contributed by atoms with E-state index in [4.69, 9.17) is 5.21 Å². The van der Waals surface area contributed by atoms with Gasteiger partial charge in [0.15, 0.2) is 0 Å². The summed E-state index contributed by atoms with van der Waals surface area (Å²) in [4.78, 5) is 7.57. The zero-order valence-corrected chi connectivity index (χ0v) is 16.1. The third-order valence-electron chi connectivity index (χ3n) is 4.10. The number of rotatable bonds is 9. The van der Waals surface area contributed by atoms with Crippen molar-refractivity contribution in [3.8, 4) is 0 Å². The molecular weight excluding hydrogens is 384 g/mol. The Labute approximate surface area is 167 Å². The second-order valence-corrected chi connectivity index (χ2v) is 6.46. The molecule has 0 saturated carbocycles. The van der Waals surface area contributed by atoms with Crippen molar-refractivity contribution in [3.63, 3.8) is 0 Å². The van der Waals surface area contributed by atoms with Crippen molar-refractivity contribution in [3.05, 3.63) is 60.7 Å². The summed E-state index contributed by atoms with van der Waals surface area (Å²) >= 11 is 0. The molecule has 11 heteroatoms. The van der Waals surface area contributed by atoms with Crippen LogP contribution in [0.25, 0.3) is 0 Å². The number of hydroxylamine groups is 1. The maximum Gasteiger partial charge on any atom is 0.137 e. The molecular formula is C18H25F2N7O2. The molecule has 0 aliphatic carbocycles. The molecule has 29 heavy (non-hydrogen) atoms. The Morgan fingerprint density at radius 3 is 2.10 bits per heavy atom. The molecule has 0 radical (unpaired) electrons. The van der Waals surface area contributed by atoms with Crippen molar-refractivity contribution < 1.29 is 19.1 Å². The number of hydrogen-bond acceptors (Lipinski definition) is 7. The molecule has 0 spiro atoms. The molecule has 0 aliphatic rings. The number of aromatic nitrogens is 6. The lowest BCUT2D eigenvalue weighted by atomic mass is 9.93. The van der Waals surface area contributed by atoms with Crippen molar-refractivity contribution >= 4 is 0 Å². The Morgan fingerprint density at radius 1 is 1.03 bits per heavy atom. The summed E-state index contributed by atoms with van der Waals surface area (Å²) < 4.78 is 29.9. The third-order valence-corrected chi connectivity index (χ3v) is 4.10. The Hall–Kier alpha value is -2.76. The minimum atomic E-state index is -1.70. The van der Waals surface area contributed by atoms with Crippen molar-refractivity contribution in [2.45, 2.75) is 44.9 Å². The Morgan fingerprint density at radius 2 is 1.66 bits per heavy atom. The molecule has 0 atom stereocenters. The molecule has 0 aliphatic heterocycles. The number of hydrogen-bond donors (Lipinski definition) is 3. The topological polar surface area (TPSA) is 114 Å². The van der Waals surface area contributed by atoms with Gasteiger partial charge in [0.05, 0.1) is 13.1 Å². The van der Waals surface area contributed by atoms with Crippen LogP contribution in [0.5, 0.6) is 0 Å². The molecule has 3 rings (SSSR count). The van der Waals surface area contributed by atoms with Gasteiger partial charge in [0.1, 0.15) is 42.5 Å². The molecule has 9 nitrogen and oxygen atoms in total. The highest BCUT2D eigenvalue weighted by atomic mass is 19.1. The van der Waals surface area contributed by atoms with Crippen LogP contribution in [-0.2, 0) is 18.7 Å². The first-order valence-electron chi connectivity index (χ1n) is 9.18. The molecule has 2 heterocycles. The van der Waals surface area contributed by atoms with Crippen molar-refractivity contribution in [1.82, 2.24) is 35.0 Å². The van der Waals surface area contributed by atoms with Crippen molar-refractivity contribution in [1.29, 1.82) is 0 Å². The van der Waals surface area contributed by atoms with Crippen LogP contribution in [0, 0.1) is 11.6 Å². The minimum absolute atomic E-state index is 0.0556. The number of aliphatic hydroxyl groups is 1. The van der Waals surface area contributed by atoms with Gasteiger partial charge in [-0.15, -0.1) is 0 Å². The van der Waals surface area contributed by atoms with Gasteiger partial charge in [0.2, 0.25) is 0 Å². The summed E-state index contributed by atoms with van der Waals surface area (Å²) in [6.07, 6.45) is 8.89. The van der Waals surface area contributed by atoms with E-state index in [1.54, 1.807) is 0 Å². The van der Waals surface area contributed by atoms with Crippen molar-refractivity contribution in [2.75, 3.05) is 6.54 Å². The van der Waals surface area contributed by atoms with Crippen LogP contribution < -0.4 is 5.48 Å². The van der Waals surface area contributed by atoms with Crippen LogP contribution in [0.15, 0.2) is 43.5 Å². The van der Waals surface area contributed by atoms with E-state index in [0.29, 0.717) is 0 Å². The molecule has 1 aromatic carbocycles. The van der Waals surface area contributed by atoms with E-state index in [2.05, 4.69) is 32.6 Å². The van der Waals surface area contributed by atoms with Gasteiger partial charge in [-0.3, -0.25) is 0 Å². The van der Waals surface area contributed by atoms with Crippen LogP contribution in [-0.4, -0.2) is 46.4 Å². The number of benzene rings is 1. The van der Waals surface area contributed by atoms with Crippen LogP contribution >= 0.6 is 0 Å². The smallest absolute Gasteiger partial charge is 0.137 e. The number of unbranched alkanes of at least 4 members (excludes halogenated alkanes) is 2. The summed E-state index contributed by atoms with van der Waals surface area (Å²) in [6, 6.07) is 3.02. The lowest BCUT2D eigenvalue weighted by Gasteiger charge is -2.28. The molecule has 0 bridgehead atoms. The van der Waals surface area contributed by atoms with Gasteiger partial charge < -0.3 is 10.3 Å². The highest BCUT2D eigenvalue weighted by molar-refractivity contribution is 5.25. The van der Waals surface area contributed by atoms with Gasteiger partial charge in [0, 0.05) is 18.2 Å². The van der Waals surface area contributed by atoms with E-state index in [-0.39, 0.29) is 18.7 Å². The van der Waals surface area contributed by atoms with E-state index in [0.717, 1.165) is 25.1 Å². The maximum atomic E-state index is 14.1. The van der Waals surface area contributed by atoms with E-state index in [9.17, 15) is 13.9 Å². The van der Waals surface area contributed by atoms with Crippen LogP contribution in [0.4, 0.5) is 8.78 Å². The molecule has 158 valence electrons. The largest absolute Gasteiger partial charge is 0.381 e. The van der Waals surface area contributed by atoms with Gasteiger partial charge >= 0.3 is 0 Å². The first kappa shape index (κ1) is 22.5. The zero-order chi connectivity index (χ0) is 21.1. The Kier molecular flexibility index (Phi) is 8.77. The predicted octanol–water partition coefficient (Wildman–Crippen LogP) is 1.89. The van der Waals surface area contributed by atoms with Gasteiger partial charge in [-0.1, -0.05) is 25.8 Å². The minimum Gasteiger partial charge on any atom is -0.381 e. The first-order valence-corrected chi connectivity index (χ1v) is 9.18. The Balaban J connectivity index is 0.000000370. The number of nitrogens with zero attached hydrogens (tertiary/aromatic N) is 6. The normalized spacial score (nSPS) is 11.2. The van der Waals surface area contributed by atoms with Crippen LogP contribution in [0.3, 0.4) is 0 Å². The molecule has 0 saturated heterocycles. The fourth-order valence-corrected chi connectivity index (χ4v) is 2.71. The number of halogens is 2. The van der Waals surface area contributed by atoms with Gasteiger partial charge in [-0.25, -0.2) is 33.6 Å². The van der Waals surface area contributed by atoms with Crippen LogP contribution in [0.1, 0.15) is 31.7 Å². The van der Waals surface area contributed by atoms with Gasteiger partial charge in [-0.2, -0.15) is 10.2 Å². The lowest BCUT2D eigenvalue weighted by Crippen LogP contribution is -2.37. The SMILES string of the molecule is CCCCCNO.OC(Cn1cncn1)(Cn1cncn1)c1ccc(F)cc1F. The molecule has 2 aromatic heterocycles. The molecule has 0 amide bonds. The monoisotopic (exact) mass is 409 g/mol. The average molecular weight is 409 g/mol. The van der Waals surface area contributed by atoms with E-state index in [1.807, 2.05) is 0 Å². The molecule has 3 aromatic rings. The molecule has 3 N–H and O–H groups in total. The lowest BCUT2D eigenvalue weighted by molar-refractivity contribution is -0.00855. The summed E-state index contributed by atoms with van der Waals surface area (Å²) in [7, 11) is 0. The molecule has 0 fully saturated rings. The van der Waals surface area contributed by atoms with Gasteiger partial charge in [0.25, 0.3) is 0 Å². The highest BCUT2D eigenvalue weighted by Gasteiger charge is 2.34. The maximum absolute atomic E-state index is 14.1. The number of nitrogens with one attached hydrogen (secondary N) is 1. The quantitative estimate of drug-likeness (QED) is 0.365. The van der Waals surface area contributed by atoms with E-state index < -0.39 is 17.2 Å². The predicted molar refractivity (Wildman–Crippen MR) is 99.6 cm³/mol. The second kappa shape index (κ2) is 11.3. The third kappa shape index (κ3) is 6.97. The zero-order valence-electron chi connectivity index (χ0n) is 16.1. The summed E-state index contributed by atoms with van der Waals surface area (Å²) in [5.74, 6) is -1.56. The first-order chi connectivity index (χ1) is 14.0. The average Bonchev–Trinajstić information content (AvgIpc) is 3.36. The fourth-order valence-electron chi connectivity index (χ4n) is 2.71. The fraction of sp³-hybridized carbons (Fsp3) is 0.444. The standard InChI is InChI=1S/C13H12F2N6O.C5H13NO/c14-10-1-2-11(12(15)3-10)13(22,4-20-8-16-6-18-20)5-21-9-17-7-19-21;1-2-3-4-5-6-7/h1-3,6-9,22H,4-5H2;6-7H,2-5H2,1H3. The van der Waals surface area contributed by atoms with Crippen molar-refractivity contribution in [2.24, 2.45) is 0 Å². The Bertz CT molecular complexity index is 789. The van der Waals surface area contributed by atoms with E-state index in [1.165, 1.54) is 53.6 Å². The van der Waals surface area contributed by atoms with E-state index >= 15 is 0 Å². The molecule has 0 unspecified atom stereocenters. The second-order valence-electron chi connectivity index (χ2n) is 6.46. The summed E-state index contributed by atoms with van der Waals surface area (Å²) in [5, 5.41) is 26.8. The van der Waals surface area contributed by atoms with Gasteiger partial charge in [-0.05, 0) is 12.5 Å².